The number of rotatable bonds is 7. The minimum absolute atomic E-state index is 0.0791. The second-order valence-corrected chi connectivity index (χ2v) is 7.37. The molecule has 1 N–H and O–H groups in total. The third-order valence-electron chi connectivity index (χ3n) is 4.93. The predicted molar refractivity (Wildman–Crippen MR) is 102 cm³/mol. The highest BCUT2D eigenvalue weighted by Crippen LogP contribution is 2.33. The van der Waals surface area contributed by atoms with E-state index in [0.717, 1.165) is 42.5 Å². The zero-order valence-electron chi connectivity index (χ0n) is 14.9. The van der Waals surface area contributed by atoms with Gasteiger partial charge in [0, 0.05) is 17.6 Å². The minimum Gasteiger partial charge on any atom is -0.353 e. The fourth-order valence-corrected chi connectivity index (χ4v) is 3.10. The van der Waals surface area contributed by atoms with Crippen molar-refractivity contribution < 1.29 is 9.59 Å². The lowest BCUT2D eigenvalue weighted by molar-refractivity contribution is -0.121. The monoisotopic (exact) mass is 348 g/mol. The molecule has 2 fully saturated rings. The van der Waals surface area contributed by atoms with Crippen LogP contribution >= 0.6 is 0 Å². The van der Waals surface area contributed by atoms with Gasteiger partial charge in [0.25, 0.3) is 0 Å². The quantitative estimate of drug-likeness (QED) is 0.833. The molecule has 2 aromatic rings. The van der Waals surface area contributed by atoms with Crippen LogP contribution in [0.1, 0.15) is 36.8 Å². The molecule has 0 aromatic heterocycles. The smallest absolute Gasteiger partial charge is 0.230 e. The first kappa shape index (κ1) is 16.8. The van der Waals surface area contributed by atoms with Gasteiger partial charge in [-0.3, -0.25) is 9.59 Å². The van der Waals surface area contributed by atoms with Crippen molar-refractivity contribution in [2.75, 3.05) is 4.90 Å². The Balaban J connectivity index is 1.47. The lowest BCUT2D eigenvalue weighted by Crippen LogP contribution is -2.31. The predicted octanol–water partition coefficient (Wildman–Crippen LogP) is 3.45. The molecule has 0 saturated heterocycles. The normalized spacial score (nSPS) is 16.2. The molecular weight excluding hydrogens is 324 g/mol. The highest BCUT2D eigenvalue weighted by Gasteiger charge is 2.34. The maximum atomic E-state index is 12.8. The molecule has 134 valence electrons. The summed E-state index contributed by atoms with van der Waals surface area (Å²) in [4.78, 5) is 26.6. The standard InChI is InChI=1S/C22H24N2O2/c25-21(23-19-10-11-19)14-16-6-12-20(13-7-16)24(22(26)18-8-9-18)15-17-4-2-1-3-5-17/h1-7,12-13,18-19H,8-11,14-15H2,(H,23,25). The van der Waals surface area contributed by atoms with Gasteiger partial charge in [0.2, 0.25) is 11.8 Å². The highest BCUT2D eigenvalue weighted by atomic mass is 16.2. The molecule has 2 aliphatic carbocycles. The van der Waals surface area contributed by atoms with Crippen molar-refractivity contribution in [2.45, 2.75) is 44.7 Å². The zero-order valence-corrected chi connectivity index (χ0v) is 14.9. The average molecular weight is 348 g/mol. The summed E-state index contributed by atoms with van der Waals surface area (Å²) in [5.41, 5.74) is 3.00. The molecule has 26 heavy (non-hydrogen) atoms. The molecule has 0 radical (unpaired) electrons. The van der Waals surface area contributed by atoms with E-state index in [-0.39, 0.29) is 17.7 Å². The van der Waals surface area contributed by atoms with Crippen LogP contribution in [0.5, 0.6) is 0 Å². The van der Waals surface area contributed by atoms with Gasteiger partial charge in [0.05, 0.1) is 13.0 Å². The molecule has 0 spiro atoms. The van der Waals surface area contributed by atoms with Gasteiger partial charge in [-0.15, -0.1) is 0 Å². The van der Waals surface area contributed by atoms with E-state index in [1.165, 1.54) is 0 Å². The van der Waals surface area contributed by atoms with Crippen LogP contribution in [0.4, 0.5) is 5.69 Å². The number of carbonyl (C=O) groups is 2. The molecule has 0 unspecified atom stereocenters. The maximum Gasteiger partial charge on any atom is 0.230 e. The summed E-state index contributed by atoms with van der Waals surface area (Å²) in [5.74, 6) is 0.450. The number of benzene rings is 2. The van der Waals surface area contributed by atoms with E-state index in [4.69, 9.17) is 0 Å². The van der Waals surface area contributed by atoms with E-state index in [2.05, 4.69) is 5.32 Å². The molecule has 4 nitrogen and oxygen atoms in total. The fraction of sp³-hybridized carbons (Fsp3) is 0.364. The summed E-state index contributed by atoms with van der Waals surface area (Å²) in [5, 5.41) is 3.01. The number of hydrogen-bond acceptors (Lipinski definition) is 2. The fourth-order valence-electron chi connectivity index (χ4n) is 3.10. The van der Waals surface area contributed by atoms with Gasteiger partial charge in [0.1, 0.15) is 0 Å². The number of nitrogens with zero attached hydrogens (tertiary/aromatic N) is 1. The minimum atomic E-state index is 0.0791. The molecule has 0 bridgehead atoms. The topological polar surface area (TPSA) is 49.4 Å². The van der Waals surface area contributed by atoms with Crippen LogP contribution in [0, 0.1) is 5.92 Å². The summed E-state index contributed by atoms with van der Waals surface area (Å²) >= 11 is 0. The van der Waals surface area contributed by atoms with Gasteiger partial charge in [-0.25, -0.2) is 0 Å². The van der Waals surface area contributed by atoms with E-state index in [0.29, 0.717) is 19.0 Å². The Morgan fingerprint density at radius 3 is 2.19 bits per heavy atom. The Labute approximate surface area is 154 Å². The van der Waals surface area contributed by atoms with Gasteiger partial charge in [-0.05, 0) is 48.9 Å². The van der Waals surface area contributed by atoms with E-state index in [1.54, 1.807) is 0 Å². The molecule has 2 aliphatic rings. The van der Waals surface area contributed by atoms with Crippen LogP contribution in [-0.4, -0.2) is 17.9 Å². The van der Waals surface area contributed by atoms with Crippen LogP contribution in [0.3, 0.4) is 0 Å². The van der Waals surface area contributed by atoms with Crippen LogP contribution in [-0.2, 0) is 22.6 Å². The van der Waals surface area contributed by atoms with E-state index >= 15 is 0 Å². The lowest BCUT2D eigenvalue weighted by atomic mass is 10.1. The van der Waals surface area contributed by atoms with Crippen molar-refractivity contribution >= 4 is 17.5 Å². The summed E-state index contributed by atoms with van der Waals surface area (Å²) in [6, 6.07) is 18.3. The third kappa shape index (κ3) is 4.31. The molecule has 0 heterocycles. The van der Waals surface area contributed by atoms with E-state index < -0.39 is 0 Å². The number of anilines is 1. The van der Waals surface area contributed by atoms with E-state index in [1.807, 2.05) is 59.5 Å². The molecule has 4 rings (SSSR count). The van der Waals surface area contributed by atoms with Gasteiger partial charge in [-0.1, -0.05) is 42.5 Å². The average Bonchev–Trinajstić information content (AvgIpc) is 3.54. The third-order valence-corrected chi connectivity index (χ3v) is 4.93. The second-order valence-electron chi connectivity index (χ2n) is 7.37. The van der Waals surface area contributed by atoms with Crippen molar-refractivity contribution in [3.8, 4) is 0 Å². The molecular formula is C22H24N2O2. The SMILES string of the molecule is O=C(Cc1ccc(N(Cc2ccccc2)C(=O)C2CC2)cc1)NC1CC1. The highest BCUT2D eigenvalue weighted by molar-refractivity contribution is 5.96. The molecule has 0 aliphatic heterocycles. The lowest BCUT2D eigenvalue weighted by Gasteiger charge is -2.23. The number of nitrogens with one attached hydrogen (secondary N) is 1. The van der Waals surface area contributed by atoms with Crippen molar-refractivity contribution in [1.82, 2.24) is 5.32 Å². The number of carbonyl (C=O) groups excluding carboxylic acids is 2. The first-order chi connectivity index (χ1) is 12.7. The first-order valence-corrected chi connectivity index (χ1v) is 9.42. The van der Waals surface area contributed by atoms with Gasteiger partial charge >= 0.3 is 0 Å². The van der Waals surface area contributed by atoms with Crippen molar-refractivity contribution in [3.63, 3.8) is 0 Å². The Hall–Kier alpha value is -2.62. The molecule has 2 aromatic carbocycles. The second kappa shape index (κ2) is 7.32. The molecule has 4 heteroatoms. The Morgan fingerprint density at radius 1 is 0.885 bits per heavy atom. The summed E-state index contributed by atoms with van der Waals surface area (Å²) < 4.78 is 0. The van der Waals surface area contributed by atoms with Crippen LogP contribution in [0.2, 0.25) is 0 Å². The van der Waals surface area contributed by atoms with Crippen LogP contribution in [0.15, 0.2) is 54.6 Å². The number of amides is 2. The van der Waals surface area contributed by atoms with Crippen molar-refractivity contribution in [2.24, 2.45) is 5.92 Å². The molecule has 2 saturated carbocycles. The summed E-state index contributed by atoms with van der Waals surface area (Å²) in [7, 11) is 0. The molecule has 0 atom stereocenters. The zero-order chi connectivity index (χ0) is 17.9. The molecule has 2 amide bonds. The number of hydrogen-bond donors (Lipinski definition) is 1. The van der Waals surface area contributed by atoms with Gasteiger partial charge in [0.15, 0.2) is 0 Å². The summed E-state index contributed by atoms with van der Waals surface area (Å²) in [6.07, 6.45) is 4.57. The van der Waals surface area contributed by atoms with E-state index in [9.17, 15) is 9.59 Å². The largest absolute Gasteiger partial charge is 0.353 e. The van der Waals surface area contributed by atoms with Crippen molar-refractivity contribution in [3.05, 3.63) is 65.7 Å². The Morgan fingerprint density at radius 2 is 1.58 bits per heavy atom. The Kier molecular flexibility index (Phi) is 4.74. The van der Waals surface area contributed by atoms with Crippen molar-refractivity contribution in [1.29, 1.82) is 0 Å². The van der Waals surface area contributed by atoms with Gasteiger partial charge < -0.3 is 10.2 Å². The van der Waals surface area contributed by atoms with Crippen LogP contribution in [0.25, 0.3) is 0 Å². The maximum absolute atomic E-state index is 12.8. The van der Waals surface area contributed by atoms with Crippen LogP contribution < -0.4 is 10.2 Å². The summed E-state index contributed by atoms with van der Waals surface area (Å²) in [6.45, 7) is 0.581. The Bertz CT molecular complexity index is 778. The first-order valence-electron chi connectivity index (χ1n) is 9.42. The van der Waals surface area contributed by atoms with Gasteiger partial charge in [-0.2, -0.15) is 0 Å².